The Bertz CT molecular complexity index is 215. The third kappa shape index (κ3) is 25.4. The predicted molar refractivity (Wildman–Crippen MR) is 73.4 cm³/mol. The van der Waals surface area contributed by atoms with Gasteiger partial charge in [-0.15, -0.1) is 0 Å². The molecule has 0 aromatic rings. The molecule has 0 aliphatic carbocycles. The number of nitrogens with one attached hydrogen (secondary N) is 1. The second kappa shape index (κ2) is 11.5. The van der Waals surface area contributed by atoms with E-state index < -0.39 is 5.72 Å². The van der Waals surface area contributed by atoms with Crippen LogP contribution in [0.2, 0.25) is 0 Å². The van der Waals surface area contributed by atoms with Gasteiger partial charge in [0, 0.05) is 12.3 Å². The fourth-order valence-corrected chi connectivity index (χ4v) is 0.649. The fourth-order valence-electron chi connectivity index (χ4n) is 0.649. The van der Waals surface area contributed by atoms with Gasteiger partial charge >= 0.3 is 0 Å². The molecule has 0 heterocycles. The maximum Gasteiger partial charge on any atom is 0.170 e. The number of hydrazone groups is 1. The first-order valence-electron chi connectivity index (χ1n) is 6.18. The predicted octanol–water partition coefficient (Wildman–Crippen LogP) is 2.96. The summed E-state index contributed by atoms with van der Waals surface area (Å²) < 4.78 is 0. The molecule has 0 rings (SSSR count). The molecule has 5 nitrogen and oxygen atoms in total. The van der Waals surface area contributed by atoms with E-state index in [0.717, 1.165) is 25.1 Å². The van der Waals surface area contributed by atoms with Gasteiger partial charge in [0.15, 0.2) is 5.72 Å². The Labute approximate surface area is 105 Å². The first kappa shape index (κ1) is 18.4. The summed E-state index contributed by atoms with van der Waals surface area (Å²) in [5.74, 6) is 0. The molecule has 5 heteroatoms. The zero-order valence-corrected chi connectivity index (χ0v) is 12.1. The van der Waals surface area contributed by atoms with E-state index in [0.29, 0.717) is 6.54 Å². The van der Waals surface area contributed by atoms with E-state index >= 15 is 0 Å². The lowest BCUT2D eigenvalue weighted by Crippen LogP contribution is -2.13. The van der Waals surface area contributed by atoms with Gasteiger partial charge in [0.2, 0.25) is 0 Å². The summed E-state index contributed by atoms with van der Waals surface area (Å²) in [5, 5.41) is 20.3. The Balaban J connectivity index is 0. The molecular formula is C12H28N4O. The molecule has 17 heavy (non-hydrogen) atoms. The van der Waals surface area contributed by atoms with E-state index in [2.05, 4.69) is 27.7 Å². The van der Waals surface area contributed by atoms with Crippen molar-refractivity contribution >= 4 is 5.71 Å². The van der Waals surface area contributed by atoms with E-state index in [1.54, 1.807) is 13.8 Å². The first-order chi connectivity index (χ1) is 7.83. The maximum atomic E-state index is 8.98. The van der Waals surface area contributed by atoms with Crippen LogP contribution in [0, 0.1) is 0 Å². The largest absolute Gasteiger partial charge is 0.368 e. The van der Waals surface area contributed by atoms with Crippen molar-refractivity contribution in [3.05, 3.63) is 0 Å². The van der Waals surface area contributed by atoms with Crippen molar-refractivity contribution in [1.29, 1.82) is 0 Å². The molecule has 0 saturated heterocycles. The molecule has 0 aliphatic heterocycles. The topological polar surface area (TPSA) is 69.3 Å². The van der Waals surface area contributed by atoms with Crippen molar-refractivity contribution < 1.29 is 5.11 Å². The Hall–Kier alpha value is -0.970. The van der Waals surface area contributed by atoms with Gasteiger partial charge in [-0.05, 0) is 40.5 Å². The summed E-state index contributed by atoms with van der Waals surface area (Å²) in [6.07, 6.45) is 2.11. The van der Waals surface area contributed by atoms with Crippen LogP contribution in [0.3, 0.4) is 0 Å². The monoisotopic (exact) mass is 244 g/mol. The van der Waals surface area contributed by atoms with Crippen LogP contribution >= 0.6 is 0 Å². The second-order valence-corrected chi connectivity index (χ2v) is 4.43. The quantitative estimate of drug-likeness (QED) is 0.326. The lowest BCUT2D eigenvalue weighted by Gasteiger charge is -2.06. The van der Waals surface area contributed by atoms with Crippen LogP contribution in [0.15, 0.2) is 15.3 Å². The van der Waals surface area contributed by atoms with Crippen LogP contribution in [0.4, 0.5) is 0 Å². The fraction of sp³-hybridized carbons (Fsp3) is 0.917. The standard InChI is InChI=1S/C6H14N2O.C6H14N2/c1-4-5-7-8-6(2,3)9;1-4-5-7-8-6(2)3/h9H,4-5H2,1-3H3;7H,4-5H2,1-3H3. The molecular weight excluding hydrogens is 216 g/mol. The summed E-state index contributed by atoms with van der Waals surface area (Å²) in [4.78, 5) is 0. The van der Waals surface area contributed by atoms with E-state index in [4.69, 9.17) is 5.11 Å². The van der Waals surface area contributed by atoms with Crippen LogP contribution in [-0.4, -0.2) is 29.6 Å². The minimum Gasteiger partial charge on any atom is -0.368 e. The van der Waals surface area contributed by atoms with E-state index in [1.807, 2.05) is 20.8 Å². The third-order valence-corrected chi connectivity index (χ3v) is 1.30. The van der Waals surface area contributed by atoms with Crippen molar-refractivity contribution in [3.63, 3.8) is 0 Å². The highest BCUT2D eigenvalue weighted by atomic mass is 16.3. The van der Waals surface area contributed by atoms with Crippen molar-refractivity contribution in [1.82, 2.24) is 5.43 Å². The van der Waals surface area contributed by atoms with E-state index in [1.165, 1.54) is 0 Å². The summed E-state index contributed by atoms with van der Waals surface area (Å²) in [5.41, 5.74) is 3.01. The Morgan fingerprint density at radius 3 is 2.12 bits per heavy atom. The smallest absolute Gasteiger partial charge is 0.170 e. The van der Waals surface area contributed by atoms with Gasteiger partial charge in [0.1, 0.15) is 0 Å². The second-order valence-electron chi connectivity index (χ2n) is 4.43. The summed E-state index contributed by atoms with van der Waals surface area (Å²) in [6.45, 7) is 13.0. The summed E-state index contributed by atoms with van der Waals surface area (Å²) in [6, 6.07) is 0. The molecule has 0 amide bonds. The number of hydrogen-bond donors (Lipinski definition) is 2. The summed E-state index contributed by atoms with van der Waals surface area (Å²) >= 11 is 0. The zero-order valence-electron chi connectivity index (χ0n) is 12.1. The van der Waals surface area contributed by atoms with Gasteiger partial charge < -0.3 is 10.5 Å². The van der Waals surface area contributed by atoms with E-state index in [9.17, 15) is 0 Å². The van der Waals surface area contributed by atoms with Crippen molar-refractivity contribution in [2.24, 2.45) is 15.3 Å². The maximum absolute atomic E-state index is 8.98. The number of nitrogens with zero attached hydrogens (tertiary/aromatic N) is 3. The minimum atomic E-state index is -0.991. The lowest BCUT2D eigenvalue weighted by molar-refractivity contribution is 0.0816. The average molecular weight is 244 g/mol. The Morgan fingerprint density at radius 1 is 1.18 bits per heavy atom. The molecule has 0 atom stereocenters. The molecule has 2 N–H and O–H groups in total. The molecule has 0 aromatic carbocycles. The van der Waals surface area contributed by atoms with Gasteiger partial charge in [-0.2, -0.15) is 15.3 Å². The van der Waals surface area contributed by atoms with Crippen LogP contribution in [0.1, 0.15) is 54.4 Å². The van der Waals surface area contributed by atoms with Gasteiger partial charge in [-0.25, -0.2) is 0 Å². The molecule has 0 saturated carbocycles. The average Bonchev–Trinajstić information content (AvgIpc) is 2.17. The number of azo groups is 1. The summed E-state index contributed by atoms with van der Waals surface area (Å²) in [7, 11) is 0. The van der Waals surface area contributed by atoms with Crippen LogP contribution in [0.5, 0.6) is 0 Å². The SMILES string of the molecule is CCCN=NC(C)(C)O.CCCNN=C(C)C. The van der Waals surface area contributed by atoms with Crippen molar-refractivity contribution in [2.75, 3.05) is 13.1 Å². The zero-order chi connectivity index (χ0) is 13.7. The van der Waals surface area contributed by atoms with Crippen LogP contribution in [0.25, 0.3) is 0 Å². The minimum absolute atomic E-state index is 0.698. The highest BCUT2D eigenvalue weighted by molar-refractivity contribution is 5.78. The van der Waals surface area contributed by atoms with E-state index in [-0.39, 0.29) is 0 Å². The third-order valence-electron chi connectivity index (χ3n) is 1.30. The molecule has 0 bridgehead atoms. The number of aliphatic hydroxyl groups is 1. The molecule has 0 unspecified atom stereocenters. The highest BCUT2D eigenvalue weighted by Crippen LogP contribution is 2.02. The Kier molecular flexibility index (Phi) is 12.5. The molecule has 0 spiro atoms. The first-order valence-corrected chi connectivity index (χ1v) is 6.18. The van der Waals surface area contributed by atoms with Crippen LogP contribution < -0.4 is 5.43 Å². The van der Waals surface area contributed by atoms with Gasteiger partial charge in [-0.1, -0.05) is 13.8 Å². The molecule has 0 aliphatic rings. The normalized spacial score (nSPS) is 10.8. The molecule has 0 aromatic heterocycles. The lowest BCUT2D eigenvalue weighted by atomic mass is 10.3. The van der Waals surface area contributed by atoms with Gasteiger partial charge in [0.25, 0.3) is 0 Å². The van der Waals surface area contributed by atoms with Crippen molar-refractivity contribution in [3.8, 4) is 0 Å². The van der Waals surface area contributed by atoms with Crippen LogP contribution in [-0.2, 0) is 0 Å². The Morgan fingerprint density at radius 2 is 1.76 bits per heavy atom. The van der Waals surface area contributed by atoms with Crippen molar-refractivity contribution in [2.45, 2.75) is 60.1 Å². The number of rotatable bonds is 6. The van der Waals surface area contributed by atoms with Gasteiger partial charge in [0.05, 0.1) is 6.54 Å². The highest BCUT2D eigenvalue weighted by Gasteiger charge is 2.07. The molecule has 102 valence electrons. The van der Waals surface area contributed by atoms with Gasteiger partial charge in [-0.3, -0.25) is 0 Å². The number of hydrogen-bond acceptors (Lipinski definition) is 5. The molecule has 0 fully saturated rings. The molecule has 0 radical (unpaired) electrons.